The predicted octanol–water partition coefficient (Wildman–Crippen LogP) is 7.66. The van der Waals surface area contributed by atoms with Gasteiger partial charge in [-0.25, -0.2) is 0 Å². The maximum atomic E-state index is 2.41. The summed E-state index contributed by atoms with van der Waals surface area (Å²) in [6.07, 6.45) is 4.83. The van der Waals surface area contributed by atoms with Gasteiger partial charge < -0.3 is 0 Å². The molecule has 0 amide bonds. The molecule has 2 aliphatic carbocycles. The summed E-state index contributed by atoms with van der Waals surface area (Å²) < 4.78 is 0. The van der Waals surface area contributed by atoms with E-state index in [0.717, 1.165) is 0 Å². The number of allylic oxidation sites excluding steroid dienone is 2. The Bertz CT molecular complexity index is 1170. The third-order valence-corrected chi connectivity index (χ3v) is 6.50. The minimum absolute atomic E-state index is 0.304. The lowest BCUT2D eigenvalue weighted by Crippen LogP contribution is -2.22. The Balaban J connectivity index is 1.67. The summed E-state index contributed by atoms with van der Waals surface area (Å²) >= 11 is 0. The molecule has 30 heavy (non-hydrogen) atoms. The van der Waals surface area contributed by atoms with Gasteiger partial charge in [-0.05, 0) is 44.5 Å². The SMILES string of the molecule is C1=C(c2ccccc2)C2c3ccccc3C=C(c3ccccc3)[C@H]2c2ccccc21. The van der Waals surface area contributed by atoms with E-state index in [1.165, 1.54) is 44.5 Å². The Morgan fingerprint density at radius 3 is 1.17 bits per heavy atom. The third kappa shape index (κ3) is 2.69. The smallest absolute Gasteiger partial charge is 0.0211 e. The quantitative estimate of drug-likeness (QED) is 0.334. The van der Waals surface area contributed by atoms with E-state index in [0.29, 0.717) is 11.8 Å². The van der Waals surface area contributed by atoms with Crippen LogP contribution < -0.4 is 0 Å². The average Bonchev–Trinajstić information content (AvgIpc) is 2.84. The highest BCUT2D eigenvalue weighted by molar-refractivity contribution is 5.99. The summed E-state index contributed by atoms with van der Waals surface area (Å²) in [5.41, 5.74) is 11.0. The van der Waals surface area contributed by atoms with Crippen LogP contribution in [0.4, 0.5) is 0 Å². The van der Waals surface area contributed by atoms with Crippen LogP contribution in [0.15, 0.2) is 109 Å². The van der Waals surface area contributed by atoms with Gasteiger partial charge in [-0.2, -0.15) is 0 Å². The average molecular weight is 383 g/mol. The van der Waals surface area contributed by atoms with Crippen LogP contribution in [0.1, 0.15) is 45.2 Å². The normalized spacial score (nSPS) is 19.1. The van der Waals surface area contributed by atoms with Gasteiger partial charge >= 0.3 is 0 Å². The van der Waals surface area contributed by atoms with Crippen molar-refractivity contribution in [1.82, 2.24) is 0 Å². The first-order chi connectivity index (χ1) is 14.9. The van der Waals surface area contributed by atoms with E-state index in [-0.39, 0.29) is 0 Å². The van der Waals surface area contributed by atoms with Gasteiger partial charge in [0.1, 0.15) is 0 Å². The Labute approximate surface area is 177 Å². The van der Waals surface area contributed by atoms with Crippen molar-refractivity contribution < 1.29 is 0 Å². The van der Waals surface area contributed by atoms with E-state index in [4.69, 9.17) is 0 Å². The second-order valence-electron chi connectivity index (χ2n) is 8.14. The molecule has 0 saturated heterocycles. The molecule has 4 aromatic carbocycles. The minimum Gasteiger partial charge on any atom is -0.0622 e. The highest BCUT2D eigenvalue weighted by Crippen LogP contribution is 2.57. The summed E-state index contributed by atoms with van der Waals surface area (Å²) in [5.74, 6) is 0.609. The van der Waals surface area contributed by atoms with Gasteiger partial charge in [0.25, 0.3) is 0 Å². The van der Waals surface area contributed by atoms with Crippen LogP contribution in [0.5, 0.6) is 0 Å². The second-order valence-corrected chi connectivity index (χ2v) is 8.14. The molecule has 0 bridgehead atoms. The van der Waals surface area contributed by atoms with E-state index < -0.39 is 0 Å². The molecule has 0 nitrogen and oxygen atoms in total. The molecule has 4 aromatic rings. The van der Waals surface area contributed by atoms with Crippen molar-refractivity contribution in [2.75, 3.05) is 0 Å². The van der Waals surface area contributed by atoms with Crippen LogP contribution in [0, 0.1) is 0 Å². The summed E-state index contributed by atoms with van der Waals surface area (Å²) in [5, 5.41) is 0. The Kier molecular flexibility index (Phi) is 4.02. The topological polar surface area (TPSA) is 0 Å². The van der Waals surface area contributed by atoms with Crippen LogP contribution in [-0.2, 0) is 0 Å². The molecule has 0 radical (unpaired) electrons. The third-order valence-electron chi connectivity index (χ3n) is 6.50. The molecule has 0 heterocycles. The summed E-state index contributed by atoms with van der Waals surface area (Å²) in [6, 6.07) is 39.6. The fraction of sp³-hybridized carbons (Fsp3) is 0.0667. The van der Waals surface area contributed by atoms with Gasteiger partial charge in [0.2, 0.25) is 0 Å². The predicted molar refractivity (Wildman–Crippen MR) is 127 cm³/mol. The van der Waals surface area contributed by atoms with Gasteiger partial charge in [0, 0.05) is 11.8 Å². The summed E-state index contributed by atoms with van der Waals surface area (Å²) in [7, 11) is 0. The zero-order valence-electron chi connectivity index (χ0n) is 16.7. The van der Waals surface area contributed by atoms with Crippen molar-refractivity contribution in [3.63, 3.8) is 0 Å². The molecule has 0 fully saturated rings. The van der Waals surface area contributed by atoms with Crippen molar-refractivity contribution in [2.24, 2.45) is 0 Å². The molecule has 0 aliphatic heterocycles. The van der Waals surface area contributed by atoms with E-state index in [9.17, 15) is 0 Å². The summed E-state index contributed by atoms with van der Waals surface area (Å²) in [4.78, 5) is 0. The van der Waals surface area contributed by atoms with Gasteiger partial charge in [-0.1, -0.05) is 121 Å². The molecule has 2 atom stereocenters. The molecule has 0 spiro atoms. The van der Waals surface area contributed by atoms with Crippen LogP contribution in [0.2, 0.25) is 0 Å². The lowest BCUT2D eigenvalue weighted by Gasteiger charge is -2.40. The first-order valence-corrected chi connectivity index (χ1v) is 10.6. The molecule has 0 N–H and O–H groups in total. The highest BCUT2D eigenvalue weighted by atomic mass is 14.4. The van der Waals surface area contributed by atoms with E-state index in [2.05, 4.69) is 121 Å². The number of hydrogen-bond acceptors (Lipinski definition) is 0. The van der Waals surface area contributed by atoms with E-state index >= 15 is 0 Å². The van der Waals surface area contributed by atoms with Gasteiger partial charge in [0.05, 0.1) is 0 Å². The zero-order chi connectivity index (χ0) is 19.9. The van der Waals surface area contributed by atoms with E-state index in [1.807, 2.05) is 0 Å². The minimum atomic E-state index is 0.304. The van der Waals surface area contributed by atoms with Crippen LogP contribution >= 0.6 is 0 Å². The molecule has 0 heteroatoms. The Morgan fingerprint density at radius 2 is 0.733 bits per heavy atom. The fourth-order valence-corrected chi connectivity index (χ4v) is 5.21. The first kappa shape index (κ1) is 17.2. The first-order valence-electron chi connectivity index (χ1n) is 10.6. The Morgan fingerprint density at radius 1 is 0.367 bits per heavy atom. The fourth-order valence-electron chi connectivity index (χ4n) is 5.21. The lowest BCUT2D eigenvalue weighted by atomic mass is 9.63. The standard InChI is InChI=1S/C30H22/c1-3-11-21(12-4-1)27-19-23-15-7-10-18-26(23)30-28(22-13-5-2-6-14-22)20-24-16-8-9-17-25(24)29(27)30/h1-20,29-30H/t29-,30?/m1/s1. The van der Waals surface area contributed by atoms with Gasteiger partial charge in [0.15, 0.2) is 0 Å². The molecular weight excluding hydrogens is 360 g/mol. The van der Waals surface area contributed by atoms with E-state index in [1.54, 1.807) is 0 Å². The van der Waals surface area contributed by atoms with Crippen LogP contribution in [-0.4, -0.2) is 0 Å². The van der Waals surface area contributed by atoms with Crippen LogP contribution in [0.3, 0.4) is 0 Å². The zero-order valence-corrected chi connectivity index (χ0v) is 16.7. The largest absolute Gasteiger partial charge is 0.0622 e. The molecule has 0 aromatic heterocycles. The molecule has 142 valence electrons. The van der Waals surface area contributed by atoms with Crippen molar-refractivity contribution in [1.29, 1.82) is 0 Å². The molecule has 1 unspecified atom stereocenters. The lowest BCUT2D eigenvalue weighted by molar-refractivity contribution is 0.754. The summed E-state index contributed by atoms with van der Waals surface area (Å²) in [6.45, 7) is 0. The number of benzene rings is 4. The van der Waals surface area contributed by atoms with Gasteiger partial charge in [-0.3, -0.25) is 0 Å². The number of fused-ring (bicyclic) bond motifs is 5. The number of hydrogen-bond donors (Lipinski definition) is 0. The molecule has 2 aliphatic rings. The van der Waals surface area contributed by atoms with Crippen LogP contribution in [0.25, 0.3) is 23.3 Å². The molecule has 6 rings (SSSR count). The van der Waals surface area contributed by atoms with Crippen molar-refractivity contribution in [3.8, 4) is 0 Å². The van der Waals surface area contributed by atoms with Crippen molar-refractivity contribution in [2.45, 2.75) is 11.8 Å². The molecular formula is C30H22. The maximum Gasteiger partial charge on any atom is 0.0211 e. The maximum absolute atomic E-state index is 2.41. The van der Waals surface area contributed by atoms with Crippen molar-refractivity contribution in [3.05, 3.63) is 143 Å². The van der Waals surface area contributed by atoms with Crippen molar-refractivity contribution >= 4 is 23.3 Å². The van der Waals surface area contributed by atoms with Gasteiger partial charge in [-0.15, -0.1) is 0 Å². The number of rotatable bonds is 2. The second kappa shape index (κ2) is 7.00. The monoisotopic (exact) mass is 382 g/mol. The highest BCUT2D eigenvalue weighted by Gasteiger charge is 2.39. The Hall–Kier alpha value is -3.64. The molecule has 0 saturated carbocycles.